The van der Waals surface area contributed by atoms with Crippen LogP contribution in [0.25, 0.3) is 5.82 Å². The van der Waals surface area contributed by atoms with E-state index < -0.39 is 0 Å². The van der Waals surface area contributed by atoms with E-state index in [1.54, 1.807) is 40.7 Å². The summed E-state index contributed by atoms with van der Waals surface area (Å²) in [5.41, 5.74) is 1.98. The van der Waals surface area contributed by atoms with Gasteiger partial charge in [-0.3, -0.25) is 9.36 Å². The lowest BCUT2D eigenvalue weighted by Crippen LogP contribution is -2.39. The number of carbonyl (C=O) groups is 1. The average Bonchev–Trinajstić information content (AvgIpc) is 3.31. The van der Waals surface area contributed by atoms with E-state index in [2.05, 4.69) is 28.3 Å². The maximum absolute atomic E-state index is 13.1. The van der Waals surface area contributed by atoms with Crippen LogP contribution in [0, 0.1) is 0 Å². The third kappa shape index (κ3) is 2.53. The molecule has 0 bridgehead atoms. The minimum absolute atomic E-state index is 0.0717. The summed E-state index contributed by atoms with van der Waals surface area (Å²) in [4.78, 5) is 24.9. The summed E-state index contributed by atoms with van der Waals surface area (Å²) in [6.45, 7) is 2.91. The lowest BCUT2D eigenvalue weighted by Gasteiger charge is -2.35. The molecule has 0 aromatic carbocycles. The van der Waals surface area contributed by atoms with Crippen LogP contribution in [0.5, 0.6) is 0 Å². The Balaban J connectivity index is 1.65. The van der Waals surface area contributed by atoms with Crippen molar-refractivity contribution in [3.8, 4) is 5.82 Å². The second-order valence-corrected chi connectivity index (χ2v) is 6.85. The standard InChI is InChI=1S/C18H18N4OS/c1-2-15-14-5-10-24-16(14)4-8-22(15)18(23)13-3-6-20-17(11-13)21-9-7-19-12-21/h3,5-7,9-12,15H,2,4,8H2,1H3/t15-/m1/s1. The SMILES string of the molecule is CC[C@@H]1c2ccsc2CCN1C(=O)c1ccnc(-n2ccnc2)c1. The van der Waals surface area contributed by atoms with E-state index in [0.29, 0.717) is 11.4 Å². The largest absolute Gasteiger partial charge is 0.331 e. The van der Waals surface area contributed by atoms with E-state index >= 15 is 0 Å². The summed E-state index contributed by atoms with van der Waals surface area (Å²) < 4.78 is 1.81. The van der Waals surface area contributed by atoms with Crippen molar-refractivity contribution in [3.05, 3.63) is 64.5 Å². The number of pyridine rings is 1. The molecule has 0 spiro atoms. The molecule has 0 saturated heterocycles. The Labute approximate surface area is 144 Å². The number of hydrogen-bond acceptors (Lipinski definition) is 4. The van der Waals surface area contributed by atoms with Crippen molar-refractivity contribution in [1.82, 2.24) is 19.4 Å². The van der Waals surface area contributed by atoms with Gasteiger partial charge in [0.1, 0.15) is 12.1 Å². The van der Waals surface area contributed by atoms with Gasteiger partial charge in [0.05, 0.1) is 6.04 Å². The van der Waals surface area contributed by atoms with Gasteiger partial charge in [0.15, 0.2) is 0 Å². The summed E-state index contributed by atoms with van der Waals surface area (Å²) in [6.07, 6.45) is 8.76. The minimum atomic E-state index is 0.0717. The molecule has 5 nitrogen and oxygen atoms in total. The average molecular weight is 338 g/mol. The van der Waals surface area contributed by atoms with Gasteiger partial charge in [-0.1, -0.05) is 6.92 Å². The Bertz CT molecular complexity index is 856. The molecule has 1 atom stereocenters. The topological polar surface area (TPSA) is 51.0 Å². The number of hydrogen-bond donors (Lipinski definition) is 0. The summed E-state index contributed by atoms with van der Waals surface area (Å²) in [5, 5.41) is 2.13. The van der Waals surface area contributed by atoms with Crippen molar-refractivity contribution in [2.45, 2.75) is 25.8 Å². The summed E-state index contributed by atoms with van der Waals surface area (Å²) in [7, 11) is 0. The summed E-state index contributed by atoms with van der Waals surface area (Å²) in [5.74, 6) is 0.780. The zero-order valence-electron chi connectivity index (χ0n) is 13.4. The molecule has 1 aliphatic rings. The van der Waals surface area contributed by atoms with Gasteiger partial charge in [0.25, 0.3) is 5.91 Å². The highest BCUT2D eigenvalue weighted by atomic mass is 32.1. The molecule has 4 heterocycles. The fourth-order valence-electron chi connectivity index (χ4n) is 3.33. The van der Waals surface area contributed by atoms with Crippen LogP contribution in [0.15, 0.2) is 48.5 Å². The highest BCUT2D eigenvalue weighted by Gasteiger charge is 2.31. The van der Waals surface area contributed by atoms with Gasteiger partial charge in [-0.2, -0.15) is 0 Å². The number of fused-ring (bicyclic) bond motifs is 1. The van der Waals surface area contributed by atoms with Crippen molar-refractivity contribution in [2.75, 3.05) is 6.54 Å². The van der Waals surface area contributed by atoms with E-state index in [1.165, 1.54) is 10.4 Å². The number of aromatic nitrogens is 3. The number of amides is 1. The normalized spacial score (nSPS) is 16.9. The molecule has 0 aliphatic carbocycles. The molecule has 1 aliphatic heterocycles. The highest BCUT2D eigenvalue weighted by molar-refractivity contribution is 7.10. The van der Waals surface area contributed by atoms with Gasteiger partial charge in [0.2, 0.25) is 0 Å². The van der Waals surface area contributed by atoms with Crippen LogP contribution in [0.4, 0.5) is 0 Å². The van der Waals surface area contributed by atoms with Gasteiger partial charge >= 0.3 is 0 Å². The lowest BCUT2D eigenvalue weighted by molar-refractivity contribution is 0.0657. The van der Waals surface area contributed by atoms with Crippen LogP contribution in [0.1, 0.15) is 40.2 Å². The molecule has 0 unspecified atom stereocenters. The summed E-state index contributed by atoms with van der Waals surface area (Å²) in [6, 6.07) is 5.95. The van der Waals surface area contributed by atoms with E-state index in [1.807, 2.05) is 17.2 Å². The fourth-order valence-corrected chi connectivity index (χ4v) is 4.26. The number of carbonyl (C=O) groups excluding carboxylic acids is 1. The molecular weight excluding hydrogens is 320 g/mol. The number of thiophene rings is 1. The predicted molar refractivity (Wildman–Crippen MR) is 93.5 cm³/mol. The van der Waals surface area contributed by atoms with Crippen LogP contribution in [0.3, 0.4) is 0 Å². The van der Waals surface area contributed by atoms with Crippen molar-refractivity contribution in [2.24, 2.45) is 0 Å². The van der Waals surface area contributed by atoms with Crippen molar-refractivity contribution in [1.29, 1.82) is 0 Å². The van der Waals surface area contributed by atoms with Gasteiger partial charge in [-0.05, 0) is 42.0 Å². The molecule has 0 N–H and O–H groups in total. The first-order chi connectivity index (χ1) is 11.8. The molecule has 3 aromatic rings. The van der Waals surface area contributed by atoms with Crippen LogP contribution in [0.2, 0.25) is 0 Å². The molecule has 4 rings (SSSR count). The fraction of sp³-hybridized carbons (Fsp3) is 0.278. The monoisotopic (exact) mass is 338 g/mol. The first-order valence-electron chi connectivity index (χ1n) is 8.09. The van der Waals surface area contributed by atoms with Crippen LogP contribution in [-0.4, -0.2) is 31.9 Å². The molecule has 0 radical (unpaired) electrons. The molecule has 3 aromatic heterocycles. The van der Waals surface area contributed by atoms with Crippen molar-refractivity contribution >= 4 is 17.2 Å². The molecule has 1 amide bonds. The maximum atomic E-state index is 13.1. The van der Waals surface area contributed by atoms with Gasteiger partial charge < -0.3 is 4.90 Å². The molecule has 0 saturated carbocycles. The first-order valence-corrected chi connectivity index (χ1v) is 8.97. The maximum Gasteiger partial charge on any atom is 0.254 e. The molecule has 6 heteroatoms. The second kappa shape index (κ2) is 6.20. The molecular formula is C18H18N4OS. The van der Waals surface area contributed by atoms with Gasteiger partial charge in [-0.15, -0.1) is 11.3 Å². The van der Waals surface area contributed by atoms with Crippen molar-refractivity contribution < 1.29 is 4.79 Å². The zero-order chi connectivity index (χ0) is 16.5. The third-order valence-electron chi connectivity index (χ3n) is 4.50. The van der Waals surface area contributed by atoms with Gasteiger partial charge in [0, 0.05) is 35.6 Å². The Kier molecular flexibility index (Phi) is 3.90. The number of nitrogens with zero attached hydrogens (tertiary/aromatic N) is 4. The number of imidazole rings is 1. The lowest BCUT2D eigenvalue weighted by atomic mass is 9.97. The first kappa shape index (κ1) is 15.1. The van der Waals surface area contributed by atoms with Crippen molar-refractivity contribution in [3.63, 3.8) is 0 Å². The van der Waals surface area contributed by atoms with Gasteiger partial charge in [-0.25, -0.2) is 9.97 Å². The Morgan fingerprint density at radius 3 is 3.08 bits per heavy atom. The molecule has 0 fully saturated rings. The van der Waals surface area contributed by atoms with Crippen LogP contribution < -0.4 is 0 Å². The Morgan fingerprint density at radius 2 is 2.29 bits per heavy atom. The molecule has 24 heavy (non-hydrogen) atoms. The highest BCUT2D eigenvalue weighted by Crippen LogP contribution is 2.36. The minimum Gasteiger partial charge on any atom is -0.331 e. The van der Waals surface area contributed by atoms with Crippen LogP contribution in [-0.2, 0) is 6.42 Å². The molecule has 122 valence electrons. The van der Waals surface area contributed by atoms with E-state index in [-0.39, 0.29) is 11.9 Å². The van der Waals surface area contributed by atoms with E-state index in [4.69, 9.17) is 0 Å². The van der Waals surface area contributed by atoms with Crippen LogP contribution >= 0.6 is 11.3 Å². The third-order valence-corrected chi connectivity index (χ3v) is 5.50. The number of rotatable bonds is 3. The Morgan fingerprint density at radius 1 is 1.38 bits per heavy atom. The second-order valence-electron chi connectivity index (χ2n) is 5.84. The smallest absolute Gasteiger partial charge is 0.254 e. The summed E-state index contributed by atoms with van der Waals surface area (Å²) >= 11 is 1.80. The zero-order valence-corrected chi connectivity index (χ0v) is 14.2. The van der Waals surface area contributed by atoms with E-state index in [9.17, 15) is 4.79 Å². The Hall–Kier alpha value is -2.47. The predicted octanol–water partition coefficient (Wildman–Crippen LogP) is 3.48. The quantitative estimate of drug-likeness (QED) is 0.735. The van der Waals surface area contributed by atoms with E-state index in [0.717, 1.165) is 19.4 Å².